The van der Waals surface area contributed by atoms with Crippen LogP contribution in [0.25, 0.3) is 0 Å². The molecule has 1 atom stereocenters. The average molecular weight is 264 g/mol. The topological polar surface area (TPSA) is 64.4 Å². The molecule has 19 heavy (non-hydrogen) atoms. The Morgan fingerprint density at radius 1 is 1.42 bits per heavy atom. The minimum absolute atomic E-state index is 0.0537. The van der Waals surface area contributed by atoms with Crippen LogP contribution in [0.3, 0.4) is 0 Å². The third-order valence-electron chi connectivity index (χ3n) is 3.17. The van der Waals surface area contributed by atoms with E-state index in [9.17, 15) is 4.79 Å². The number of hydrogen-bond donors (Lipinski definition) is 2. The van der Waals surface area contributed by atoms with Crippen LogP contribution in [-0.2, 0) is 16.6 Å². The van der Waals surface area contributed by atoms with Gasteiger partial charge in [0.05, 0.1) is 13.2 Å². The van der Waals surface area contributed by atoms with Crippen molar-refractivity contribution in [3.63, 3.8) is 0 Å². The number of hydrogen-bond acceptors (Lipinski definition) is 3. The van der Waals surface area contributed by atoms with Gasteiger partial charge in [0.15, 0.2) is 0 Å². The van der Waals surface area contributed by atoms with Crippen molar-refractivity contribution in [3.8, 4) is 5.75 Å². The minimum atomic E-state index is -0.561. The van der Waals surface area contributed by atoms with E-state index in [0.717, 1.165) is 11.3 Å². The van der Waals surface area contributed by atoms with Crippen LogP contribution in [0.5, 0.6) is 5.75 Å². The lowest BCUT2D eigenvalue weighted by Gasteiger charge is -2.22. The number of amides is 1. The summed E-state index contributed by atoms with van der Waals surface area (Å²) in [6.45, 7) is 6.45. The minimum Gasteiger partial charge on any atom is -0.496 e. The lowest BCUT2D eigenvalue weighted by Crippen LogP contribution is -2.40. The second-order valence-corrected chi connectivity index (χ2v) is 5.70. The number of methoxy groups -OCH3 is 1. The SMILES string of the molecule is CNC(=O)C(N)Cc1cc(C(C)(C)C)ccc1OC. The highest BCUT2D eigenvalue weighted by atomic mass is 16.5. The Labute approximate surface area is 115 Å². The highest BCUT2D eigenvalue weighted by Gasteiger charge is 2.19. The Balaban J connectivity index is 3.06. The number of likely N-dealkylation sites (N-methyl/N-ethyl adjacent to an activating group) is 1. The molecule has 0 bridgehead atoms. The third kappa shape index (κ3) is 3.96. The number of carbonyl (C=O) groups is 1. The molecule has 0 aliphatic carbocycles. The van der Waals surface area contributed by atoms with E-state index in [1.165, 1.54) is 5.56 Å². The largest absolute Gasteiger partial charge is 0.496 e. The van der Waals surface area contributed by atoms with Crippen LogP contribution in [-0.4, -0.2) is 26.1 Å². The van der Waals surface area contributed by atoms with Gasteiger partial charge in [-0.3, -0.25) is 4.79 Å². The maximum Gasteiger partial charge on any atom is 0.237 e. The van der Waals surface area contributed by atoms with Crippen molar-refractivity contribution >= 4 is 5.91 Å². The molecule has 0 aliphatic heterocycles. The first kappa shape index (κ1) is 15.5. The standard InChI is InChI=1S/C15H24N2O2/c1-15(2,3)11-6-7-13(19-5)10(8-11)9-12(16)14(18)17-4/h6-8,12H,9,16H2,1-5H3,(H,17,18). The van der Waals surface area contributed by atoms with Gasteiger partial charge in [0.25, 0.3) is 0 Å². The summed E-state index contributed by atoms with van der Waals surface area (Å²) in [6.07, 6.45) is 0.465. The van der Waals surface area contributed by atoms with Gasteiger partial charge in [0, 0.05) is 13.5 Å². The van der Waals surface area contributed by atoms with Crippen molar-refractivity contribution in [2.45, 2.75) is 38.6 Å². The second kappa shape index (κ2) is 6.06. The molecule has 4 nitrogen and oxygen atoms in total. The molecule has 1 unspecified atom stereocenters. The zero-order chi connectivity index (χ0) is 14.6. The predicted octanol–water partition coefficient (Wildman–Crippen LogP) is 1.61. The maximum atomic E-state index is 11.5. The summed E-state index contributed by atoms with van der Waals surface area (Å²) >= 11 is 0. The van der Waals surface area contributed by atoms with Crippen LogP contribution >= 0.6 is 0 Å². The average Bonchev–Trinajstić information content (AvgIpc) is 2.36. The van der Waals surface area contributed by atoms with Crippen LogP contribution in [0.4, 0.5) is 0 Å². The van der Waals surface area contributed by atoms with E-state index in [-0.39, 0.29) is 11.3 Å². The quantitative estimate of drug-likeness (QED) is 0.868. The Morgan fingerprint density at radius 2 is 2.05 bits per heavy atom. The molecule has 0 spiro atoms. The van der Waals surface area contributed by atoms with Crippen molar-refractivity contribution in [2.75, 3.05) is 14.2 Å². The van der Waals surface area contributed by atoms with Crippen molar-refractivity contribution < 1.29 is 9.53 Å². The summed E-state index contributed by atoms with van der Waals surface area (Å²) in [7, 11) is 3.21. The number of ether oxygens (including phenoxy) is 1. The summed E-state index contributed by atoms with van der Waals surface area (Å²) in [5.41, 5.74) is 8.09. The number of benzene rings is 1. The normalized spacial score (nSPS) is 12.9. The van der Waals surface area contributed by atoms with E-state index < -0.39 is 6.04 Å². The van der Waals surface area contributed by atoms with E-state index in [0.29, 0.717) is 6.42 Å². The molecule has 3 N–H and O–H groups in total. The molecule has 4 heteroatoms. The Hall–Kier alpha value is -1.55. The fraction of sp³-hybridized carbons (Fsp3) is 0.533. The Kier molecular flexibility index (Phi) is 4.95. The summed E-state index contributed by atoms with van der Waals surface area (Å²) in [5, 5.41) is 2.56. The van der Waals surface area contributed by atoms with Gasteiger partial charge < -0.3 is 15.8 Å². The smallest absolute Gasteiger partial charge is 0.237 e. The van der Waals surface area contributed by atoms with Gasteiger partial charge in [-0.05, 0) is 22.6 Å². The zero-order valence-electron chi connectivity index (χ0n) is 12.4. The molecule has 0 fully saturated rings. The van der Waals surface area contributed by atoms with E-state index in [1.807, 2.05) is 12.1 Å². The van der Waals surface area contributed by atoms with Gasteiger partial charge in [-0.15, -0.1) is 0 Å². The molecule has 0 aliphatic rings. The van der Waals surface area contributed by atoms with E-state index in [4.69, 9.17) is 10.5 Å². The molecule has 0 radical (unpaired) electrons. The van der Waals surface area contributed by atoms with Crippen LogP contribution in [0.2, 0.25) is 0 Å². The molecule has 1 aromatic rings. The molecule has 0 saturated carbocycles. The highest BCUT2D eigenvalue weighted by Crippen LogP contribution is 2.28. The van der Waals surface area contributed by atoms with Gasteiger partial charge in [0.1, 0.15) is 5.75 Å². The summed E-state index contributed by atoms with van der Waals surface area (Å²) in [6, 6.07) is 5.50. The van der Waals surface area contributed by atoms with E-state index in [1.54, 1.807) is 14.2 Å². The predicted molar refractivity (Wildman–Crippen MR) is 77.4 cm³/mol. The lowest BCUT2D eigenvalue weighted by molar-refractivity contribution is -0.121. The number of nitrogens with one attached hydrogen (secondary N) is 1. The fourth-order valence-corrected chi connectivity index (χ4v) is 1.92. The summed E-state index contributed by atoms with van der Waals surface area (Å²) in [4.78, 5) is 11.5. The molecule has 1 aromatic carbocycles. The third-order valence-corrected chi connectivity index (χ3v) is 3.17. The maximum absolute atomic E-state index is 11.5. The van der Waals surface area contributed by atoms with E-state index >= 15 is 0 Å². The number of nitrogens with two attached hydrogens (primary N) is 1. The zero-order valence-corrected chi connectivity index (χ0v) is 12.4. The monoisotopic (exact) mass is 264 g/mol. The van der Waals surface area contributed by atoms with Crippen molar-refractivity contribution in [3.05, 3.63) is 29.3 Å². The van der Waals surface area contributed by atoms with Gasteiger partial charge in [0.2, 0.25) is 5.91 Å². The molecule has 0 saturated heterocycles. The van der Waals surface area contributed by atoms with Crippen molar-refractivity contribution in [2.24, 2.45) is 5.73 Å². The number of rotatable bonds is 4. The van der Waals surface area contributed by atoms with Crippen LogP contribution in [0, 0.1) is 0 Å². The van der Waals surface area contributed by atoms with Gasteiger partial charge in [-0.1, -0.05) is 32.9 Å². The van der Waals surface area contributed by atoms with Gasteiger partial charge in [-0.2, -0.15) is 0 Å². The van der Waals surface area contributed by atoms with Crippen molar-refractivity contribution in [1.29, 1.82) is 0 Å². The Morgan fingerprint density at radius 3 is 2.53 bits per heavy atom. The molecule has 1 amide bonds. The molecule has 0 aromatic heterocycles. The second-order valence-electron chi connectivity index (χ2n) is 5.70. The van der Waals surface area contributed by atoms with Crippen molar-refractivity contribution in [1.82, 2.24) is 5.32 Å². The molecule has 106 valence electrons. The van der Waals surface area contributed by atoms with Gasteiger partial charge in [-0.25, -0.2) is 0 Å². The first-order valence-corrected chi connectivity index (χ1v) is 6.44. The lowest BCUT2D eigenvalue weighted by atomic mass is 9.85. The van der Waals surface area contributed by atoms with Crippen LogP contribution < -0.4 is 15.8 Å². The molecule has 1 rings (SSSR count). The van der Waals surface area contributed by atoms with E-state index in [2.05, 4.69) is 32.2 Å². The summed E-state index contributed by atoms with van der Waals surface area (Å²) < 4.78 is 5.34. The summed E-state index contributed by atoms with van der Waals surface area (Å²) in [5.74, 6) is 0.607. The highest BCUT2D eigenvalue weighted by molar-refractivity contribution is 5.81. The Bertz CT molecular complexity index is 450. The van der Waals surface area contributed by atoms with Gasteiger partial charge >= 0.3 is 0 Å². The molecular formula is C15H24N2O2. The molecular weight excluding hydrogens is 240 g/mol. The number of carbonyl (C=O) groups excluding carboxylic acids is 1. The first-order chi connectivity index (χ1) is 8.79. The van der Waals surface area contributed by atoms with Crippen LogP contribution in [0.15, 0.2) is 18.2 Å². The fourth-order valence-electron chi connectivity index (χ4n) is 1.92. The first-order valence-electron chi connectivity index (χ1n) is 6.44. The molecule has 0 heterocycles. The van der Waals surface area contributed by atoms with Crippen LogP contribution in [0.1, 0.15) is 31.9 Å².